The Bertz CT molecular complexity index is 1070. The van der Waals surface area contributed by atoms with Crippen molar-refractivity contribution in [2.24, 2.45) is 5.10 Å². The Hall–Kier alpha value is -3.09. The number of carbonyl (C=O) groups excluding carboxylic acids is 2. The summed E-state index contributed by atoms with van der Waals surface area (Å²) >= 11 is 7.45. The van der Waals surface area contributed by atoms with Crippen molar-refractivity contribution in [1.82, 2.24) is 5.43 Å². The lowest BCUT2D eigenvalue weighted by atomic mass is 10.1. The van der Waals surface area contributed by atoms with Gasteiger partial charge >= 0.3 is 0 Å². The summed E-state index contributed by atoms with van der Waals surface area (Å²) in [6.07, 6.45) is 1.55. The predicted molar refractivity (Wildman–Crippen MR) is 122 cm³/mol. The van der Waals surface area contributed by atoms with Crippen LogP contribution in [0.2, 0.25) is 5.02 Å². The summed E-state index contributed by atoms with van der Waals surface area (Å²) in [5.41, 5.74) is 5.63. The van der Waals surface area contributed by atoms with Crippen LogP contribution in [-0.2, 0) is 4.79 Å². The van der Waals surface area contributed by atoms with Crippen LogP contribution in [0.15, 0.2) is 84.0 Å². The van der Waals surface area contributed by atoms with Gasteiger partial charge in [0.15, 0.2) is 0 Å². The maximum absolute atomic E-state index is 12.5. The van der Waals surface area contributed by atoms with Crippen molar-refractivity contribution < 1.29 is 9.59 Å². The zero-order chi connectivity index (χ0) is 20.9. The Balaban J connectivity index is 1.44. The number of amides is 2. The van der Waals surface area contributed by atoms with Gasteiger partial charge in [0.25, 0.3) is 5.91 Å². The second kappa shape index (κ2) is 9.15. The van der Waals surface area contributed by atoms with E-state index in [2.05, 4.69) is 10.5 Å². The van der Waals surface area contributed by atoms with Crippen molar-refractivity contribution in [3.8, 4) is 0 Å². The van der Waals surface area contributed by atoms with E-state index < -0.39 is 0 Å². The van der Waals surface area contributed by atoms with Crippen molar-refractivity contribution in [2.45, 2.75) is 5.37 Å². The van der Waals surface area contributed by atoms with Gasteiger partial charge in [-0.1, -0.05) is 54.1 Å². The molecule has 2 amide bonds. The third-order valence-corrected chi connectivity index (χ3v) is 6.07. The lowest BCUT2D eigenvalue weighted by Crippen LogP contribution is -2.28. The first-order chi connectivity index (χ1) is 14.6. The second-order valence-electron chi connectivity index (χ2n) is 6.64. The zero-order valence-electron chi connectivity index (χ0n) is 15.9. The predicted octanol–water partition coefficient (Wildman–Crippen LogP) is 4.88. The third-order valence-electron chi connectivity index (χ3n) is 4.61. The number of benzene rings is 3. The highest BCUT2D eigenvalue weighted by Crippen LogP contribution is 2.41. The molecule has 1 fully saturated rings. The topological polar surface area (TPSA) is 61.8 Å². The number of halogens is 1. The van der Waals surface area contributed by atoms with E-state index in [1.165, 1.54) is 0 Å². The van der Waals surface area contributed by atoms with Gasteiger partial charge in [-0.05, 0) is 47.5 Å². The molecule has 1 aliphatic heterocycles. The van der Waals surface area contributed by atoms with Crippen LogP contribution in [0, 0.1) is 0 Å². The van der Waals surface area contributed by atoms with Gasteiger partial charge in [0, 0.05) is 16.3 Å². The monoisotopic (exact) mass is 435 g/mol. The van der Waals surface area contributed by atoms with Gasteiger partial charge in [-0.15, -0.1) is 11.8 Å². The van der Waals surface area contributed by atoms with Crippen LogP contribution >= 0.6 is 23.4 Å². The first-order valence-electron chi connectivity index (χ1n) is 9.29. The highest BCUT2D eigenvalue weighted by Gasteiger charge is 2.33. The number of anilines is 1. The number of thioether (sulfide) groups is 1. The number of hydrogen-bond donors (Lipinski definition) is 1. The molecule has 0 radical (unpaired) electrons. The molecule has 0 aliphatic carbocycles. The van der Waals surface area contributed by atoms with E-state index in [0.717, 1.165) is 16.8 Å². The molecular formula is C23H18ClN3O2S. The van der Waals surface area contributed by atoms with Gasteiger partial charge in [0.1, 0.15) is 5.37 Å². The molecule has 7 heteroatoms. The first-order valence-corrected chi connectivity index (χ1v) is 10.7. The molecule has 3 aromatic carbocycles. The van der Waals surface area contributed by atoms with Crippen LogP contribution < -0.4 is 10.3 Å². The van der Waals surface area contributed by atoms with Crippen molar-refractivity contribution in [3.05, 3.63) is 101 Å². The number of hydrazone groups is 1. The normalized spacial score (nSPS) is 16.2. The number of nitrogens with one attached hydrogen (secondary N) is 1. The smallest absolute Gasteiger partial charge is 0.271 e. The molecule has 1 heterocycles. The van der Waals surface area contributed by atoms with Gasteiger partial charge in [-0.2, -0.15) is 5.10 Å². The Morgan fingerprint density at radius 3 is 2.43 bits per heavy atom. The fraction of sp³-hybridized carbons (Fsp3) is 0.0870. The van der Waals surface area contributed by atoms with E-state index in [1.54, 1.807) is 71.4 Å². The van der Waals surface area contributed by atoms with Gasteiger partial charge in [0.05, 0.1) is 12.0 Å². The SMILES string of the molecule is O=C(NN=Cc1ccc(Cl)cc1)c1ccc(N2C(=O)CS[C@H]2c2ccccc2)cc1. The van der Waals surface area contributed by atoms with Crippen molar-refractivity contribution in [3.63, 3.8) is 0 Å². The molecule has 0 spiro atoms. The Labute approximate surface area is 183 Å². The van der Waals surface area contributed by atoms with E-state index in [4.69, 9.17) is 11.6 Å². The van der Waals surface area contributed by atoms with E-state index in [9.17, 15) is 9.59 Å². The van der Waals surface area contributed by atoms with Crippen molar-refractivity contribution in [2.75, 3.05) is 10.7 Å². The summed E-state index contributed by atoms with van der Waals surface area (Å²) in [5, 5.41) is 4.55. The Morgan fingerprint density at radius 1 is 1.03 bits per heavy atom. The average molecular weight is 436 g/mol. The second-order valence-corrected chi connectivity index (χ2v) is 8.14. The highest BCUT2D eigenvalue weighted by molar-refractivity contribution is 8.00. The van der Waals surface area contributed by atoms with Crippen LogP contribution in [0.4, 0.5) is 5.69 Å². The quantitative estimate of drug-likeness (QED) is 0.458. The minimum Gasteiger partial charge on any atom is -0.295 e. The number of hydrogen-bond acceptors (Lipinski definition) is 4. The van der Waals surface area contributed by atoms with E-state index >= 15 is 0 Å². The summed E-state index contributed by atoms with van der Waals surface area (Å²) in [7, 11) is 0. The number of rotatable bonds is 5. The zero-order valence-corrected chi connectivity index (χ0v) is 17.4. The van der Waals surface area contributed by atoms with E-state index in [-0.39, 0.29) is 17.2 Å². The van der Waals surface area contributed by atoms with Crippen LogP contribution in [0.5, 0.6) is 0 Å². The molecule has 5 nitrogen and oxygen atoms in total. The van der Waals surface area contributed by atoms with Crippen LogP contribution in [0.25, 0.3) is 0 Å². The molecule has 0 unspecified atom stereocenters. The van der Waals surface area contributed by atoms with Crippen molar-refractivity contribution >= 4 is 47.1 Å². The summed E-state index contributed by atoms with van der Waals surface area (Å²) in [5.74, 6) is 0.161. The fourth-order valence-electron chi connectivity index (χ4n) is 3.12. The lowest BCUT2D eigenvalue weighted by molar-refractivity contribution is -0.115. The molecule has 4 rings (SSSR count). The molecule has 3 aromatic rings. The van der Waals surface area contributed by atoms with Gasteiger partial charge in [0.2, 0.25) is 5.91 Å². The lowest BCUT2D eigenvalue weighted by Gasteiger charge is -2.24. The standard InChI is InChI=1S/C23H18ClN3O2S/c24-19-10-6-16(7-11-19)14-25-26-22(29)17-8-12-20(13-9-17)27-21(28)15-30-23(27)18-4-2-1-3-5-18/h1-14,23H,15H2,(H,26,29)/t23-/m0/s1. The maximum atomic E-state index is 12.5. The van der Waals surface area contributed by atoms with Gasteiger partial charge < -0.3 is 0 Å². The first kappa shape index (κ1) is 20.2. The van der Waals surface area contributed by atoms with Gasteiger partial charge in [-0.3, -0.25) is 14.5 Å². The number of carbonyl (C=O) groups is 2. The molecule has 0 aromatic heterocycles. The van der Waals surface area contributed by atoms with Crippen LogP contribution in [0.3, 0.4) is 0 Å². The largest absolute Gasteiger partial charge is 0.295 e. The van der Waals surface area contributed by atoms with E-state index in [1.807, 2.05) is 30.3 Å². The average Bonchev–Trinajstić information content (AvgIpc) is 3.17. The molecule has 1 aliphatic rings. The minimum atomic E-state index is -0.325. The summed E-state index contributed by atoms with van der Waals surface area (Å²) in [6, 6.07) is 24.0. The highest BCUT2D eigenvalue weighted by atomic mass is 35.5. The molecule has 150 valence electrons. The number of nitrogens with zero attached hydrogens (tertiary/aromatic N) is 2. The van der Waals surface area contributed by atoms with Crippen molar-refractivity contribution in [1.29, 1.82) is 0 Å². The fourth-order valence-corrected chi connectivity index (χ4v) is 4.42. The molecule has 1 N–H and O–H groups in total. The summed E-state index contributed by atoms with van der Waals surface area (Å²) < 4.78 is 0. The Kier molecular flexibility index (Phi) is 6.16. The van der Waals surface area contributed by atoms with Gasteiger partial charge in [-0.25, -0.2) is 5.43 Å². The molecule has 1 atom stereocenters. The van der Waals surface area contributed by atoms with Crippen LogP contribution in [0.1, 0.15) is 26.9 Å². The summed E-state index contributed by atoms with van der Waals surface area (Å²) in [4.78, 5) is 26.6. The van der Waals surface area contributed by atoms with E-state index in [0.29, 0.717) is 16.3 Å². The molecule has 1 saturated heterocycles. The molecule has 30 heavy (non-hydrogen) atoms. The third kappa shape index (κ3) is 4.56. The molecule has 0 bridgehead atoms. The van der Waals surface area contributed by atoms with Crippen LogP contribution in [-0.4, -0.2) is 23.8 Å². The minimum absolute atomic E-state index is 0.0543. The maximum Gasteiger partial charge on any atom is 0.271 e. The summed E-state index contributed by atoms with van der Waals surface area (Å²) in [6.45, 7) is 0. The Morgan fingerprint density at radius 2 is 1.73 bits per heavy atom. The molecule has 0 saturated carbocycles. The molecular weight excluding hydrogens is 418 g/mol.